The van der Waals surface area contributed by atoms with Gasteiger partial charge in [-0.2, -0.15) is 0 Å². The van der Waals surface area contributed by atoms with Crippen LogP contribution in [-0.4, -0.2) is 15.5 Å². The first-order valence-electron chi connectivity index (χ1n) is 11.3. The molecule has 0 fully saturated rings. The highest BCUT2D eigenvalue weighted by Crippen LogP contribution is 2.32. The van der Waals surface area contributed by atoms with Gasteiger partial charge in [0.2, 0.25) is 5.91 Å². The Bertz CT molecular complexity index is 1370. The van der Waals surface area contributed by atoms with Crippen molar-refractivity contribution in [2.75, 3.05) is 5.32 Å². The van der Waals surface area contributed by atoms with Gasteiger partial charge < -0.3 is 5.32 Å². The largest absolute Gasteiger partial charge is 0.324 e. The highest BCUT2D eigenvalue weighted by Gasteiger charge is 2.21. The lowest BCUT2D eigenvalue weighted by atomic mass is 9.99. The zero-order valence-corrected chi connectivity index (χ0v) is 20.5. The van der Waals surface area contributed by atoms with E-state index in [1.807, 2.05) is 42.6 Å². The molecule has 5 nitrogen and oxygen atoms in total. The highest BCUT2D eigenvalue weighted by molar-refractivity contribution is 7.17. The molecule has 4 rings (SSSR count). The molecule has 1 N–H and O–H groups in total. The van der Waals surface area contributed by atoms with Gasteiger partial charge in [0, 0.05) is 16.6 Å². The minimum Gasteiger partial charge on any atom is -0.324 e. The monoisotopic (exact) mass is 459 g/mol. The second-order valence-corrected chi connectivity index (χ2v) is 9.55. The predicted molar refractivity (Wildman–Crippen MR) is 137 cm³/mol. The van der Waals surface area contributed by atoms with Crippen molar-refractivity contribution in [3.63, 3.8) is 0 Å². The maximum Gasteiger partial charge on any atom is 0.263 e. The Hall–Kier alpha value is -3.25. The number of nitrogens with zero attached hydrogens (tertiary/aromatic N) is 2. The van der Waals surface area contributed by atoms with Gasteiger partial charge in [-0.15, -0.1) is 11.3 Å². The summed E-state index contributed by atoms with van der Waals surface area (Å²) in [5, 5.41) is 5.57. The first-order chi connectivity index (χ1) is 15.8. The van der Waals surface area contributed by atoms with Gasteiger partial charge in [0.1, 0.15) is 10.9 Å². The van der Waals surface area contributed by atoms with Crippen LogP contribution in [0.25, 0.3) is 21.3 Å². The quantitative estimate of drug-likeness (QED) is 0.367. The van der Waals surface area contributed by atoms with Crippen LogP contribution in [0.5, 0.6) is 0 Å². The summed E-state index contributed by atoms with van der Waals surface area (Å²) in [5.74, 6) is 0.207. The van der Waals surface area contributed by atoms with Crippen LogP contribution in [0, 0.1) is 6.92 Å². The van der Waals surface area contributed by atoms with E-state index in [1.54, 1.807) is 6.92 Å². The molecule has 33 heavy (non-hydrogen) atoms. The summed E-state index contributed by atoms with van der Waals surface area (Å²) < 4.78 is 1.43. The zero-order valence-electron chi connectivity index (χ0n) is 19.7. The number of aromatic nitrogens is 2. The van der Waals surface area contributed by atoms with E-state index in [2.05, 4.69) is 43.2 Å². The van der Waals surface area contributed by atoms with Gasteiger partial charge in [-0.3, -0.25) is 14.2 Å². The third-order valence-corrected chi connectivity index (χ3v) is 7.08. The number of carbonyl (C=O) groups excluding carboxylic acids is 1. The molecule has 0 saturated carbocycles. The summed E-state index contributed by atoms with van der Waals surface area (Å²) >= 11 is 1.45. The summed E-state index contributed by atoms with van der Waals surface area (Å²) in [6.07, 6.45) is 2.29. The third kappa shape index (κ3) is 4.35. The number of hydrogen-bond acceptors (Lipinski definition) is 4. The Morgan fingerprint density at radius 2 is 1.85 bits per heavy atom. The molecule has 1 amide bonds. The molecule has 0 aliphatic heterocycles. The molecule has 0 aliphatic carbocycles. The number of nitrogens with one attached hydrogen (secondary N) is 1. The van der Waals surface area contributed by atoms with Crippen LogP contribution < -0.4 is 10.9 Å². The predicted octanol–water partition coefficient (Wildman–Crippen LogP) is 6.32. The van der Waals surface area contributed by atoms with Crippen molar-refractivity contribution in [3.8, 4) is 11.1 Å². The molecule has 170 valence electrons. The van der Waals surface area contributed by atoms with E-state index < -0.39 is 6.04 Å². The van der Waals surface area contributed by atoms with Gasteiger partial charge >= 0.3 is 0 Å². The second-order valence-electron chi connectivity index (χ2n) is 8.69. The molecule has 0 radical (unpaired) electrons. The number of fused-ring (bicyclic) bond motifs is 1. The Morgan fingerprint density at radius 1 is 1.12 bits per heavy atom. The molecular formula is C27H29N3O2S. The average Bonchev–Trinajstić information content (AvgIpc) is 3.25. The molecule has 1 atom stereocenters. The Kier molecular flexibility index (Phi) is 6.47. The summed E-state index contributed by atoms with van der Waals surface area (Å²) in [6.45, 7) is 10.1. The topological polar surface area (TPSA) is 64.0 Å². The number of rotatable bonds is 6. The first-order valence-corrected chi connectivity index (χ1v) is 12.2. The van der Waals surface area contributed by atoms with Crippen molar-refractivity contribution in [2.24, 2.45) is 0 Å². The lowest BCUT2D eigenvalue weighted by molar-refractivity contribution is -0.118. The molecule has 4 aromatic rings. The summed E-state index contributed by atoms with van der Waals surface area (Å²) in [6, 6.07) is 13.6. The zero-order chi connectivity index (χ0) is 23.7. The summed E-state index contributed by atoms with van der Waals surface area (Å²) in [7, 11) is 0. The number of para-hydroxylation sites is 1. The molecule has 2 heterocycles. The van der Waals surface area contributed by atoms with Crippen LogP contribution in [-0.2, 0) is 11.2 Å². The number of thiophene rings is 1. The Morgan fingerprint density at radius 3 is 2.52 bits per heavy atom. The second kappa shape index (κ2) is 9.32. The lowest BCUT2D eigenvalue weighted by Gasteiger charge is -2.18. The fourth-order valence-electron chi connectivity index (χ4n) is 4.04. The van der Waals surface area contributed by atoms with Crippen LogP contribution in [0.15, 0.2) is 59.0 Å². The molecular weight excluding hydrogens is 430 g/mol. The van der Waals surface area contributed by atoms with Crippen molar-refractivity contribution in [3.05, 3.63) is 81.2 Å². The van der Waals surface area contributed by atoms with Crippen LogP contribution in [0.2, 0.25) is 0 Å². The van der Waals surface area contributed by atoms with E-state index in [-0.39, 0.29) is 11.5 Å². The molecule has 6 heteroatoms. The van der Waals surface area contributed by atoms with Crippen molar-refractivity contribution >= 4 is 33.1 Å². The van der Waals surface area contributed by atoms with E-state index in [0.717, 1.165) is 34.4 Å². The SMILES string of the molecule is CCc1cccc(C)c1NC(=O)C(C)n1cnc2scc(-c3ccc(C(C)C)cc3)c2c1=O. The third-order valence-electron chi connectivity index (χ3n) is 6.19. The summed E-state index contributed by atoms with van der Waals surface area (Å²) in [5.41, 5.74) is 5.78. The molecule has 2 aromatic carbocycles. The van der Waals surface area contributed by atoms with E-state index in [0.29, 0.717) is 16.1 Å². The Labute approximate surface area is 198 Å². The molecule has 2 aromatic heterocycles. The molecule has 0 bridgehead atoms. The lowest BCUT2D eigenvalue weighted by Crippen LogP contribution is -2.32. The average molecular weight is 460 g/mol. The number of anilines is 1. The van der Waals surface area contributed by atoms with E-state index >= 15 is 0 Å². The van der Waals surface area contributed by atoms with Crippen molar-refractivity contribution in [1.29, 1.82) is 0 Å². The van der Waals surface area contributed by atoms with Gasteiger partial charge in [-0.25, -0.2) is 4.98 Å². The maximum atomic E-state index is 13.5. The van der Waals surface area contributed by atoms with Crippen LogP contribution >= 0.6 is 11.3 Å². The van der Waals surface area contributed by atoms with E-state index in [9.17, 15) is 9.59 Å². The van der Waals surface area contributed by atoms with Gasteiger partial charge in [0.25, 0.3) is 5.56 Å². The molecule has 0 spiro atoms. The van der Waals surface area contributed by atoms with Crippen LogP contribution in [0.4, 0.5) is 5.69 Å². The van der Waals surface area contributed by atoms with E-state index in [1.165, 1.54) is 27.8 Å². The Balaban J connectivity index is 1.70. The highest BCUT2D eigenvalue weighted by atomic mass is 32.1. The van der Waals surface area contributed by atoms with E-state index in [4.69, 9.17) is 0 Å². The standard InChI is InChI=1S/C27H29N3O2S/c1-6-19-9-7-8-17(4)24(19)29-25(31)18(5)30-15-28-26-23(27(30)32)22(14-33-26)21-12-10-20(11-13-21)16(2)3/h7-16,18H,6H2,1-5H3,(H,29,31). The van der Waals surface area contributed by atoms with Crippen molar-refractivity contribution in [1.82, 2.24) is 9.55 Å². The minimum atomic E-state index is -0.699. The summed E-state index contributed by atoms with van der Waals surface area (Å²) in [4.78, 5) is 31.8. The van der Waals surface area contributed by atoms with Crippen LogP contribution in [0.1, 0.15) is 56.3 Å². The first kappa shape index (κ1) is 22.9. The fourth-order valence-corrected chi connectivity index (χ4v) is 4.94. The minimum absolute atomic E-state index is 0.202. The number of aryl methyl sites for hydroxylation is 2. The molecule has 0 saturated heterocycles. The fraction of sp³-hybridized carbons (Fsp3) is 0.296. The molecule has 1 unspecified atom stereocenters. The number of benzene rings is 2. The number of hydrogen-bond donors (Lipinski definition) is 1. The number of carbonyl (C=O) groups is 1. The molecule has 0 aliphatic rings. The van der Waals surface area contributed by atoms with Gasteiger partial charge in [0.15, 0.2) is 0 Å². The smallest absolute Gasteiger partial charge is 0.263 e. The van der Waals surface area contributed by atoms with Crippen molar-refractivity contribution < 1.29 is 4.79 Å². The maximum absolute atomic E-state index is 13.5. The van der Waals surface area contributed by atoms with Gasteiger partial charge in [-0.05, 0) is 48.4 Å². The number of amides is 1. The van der Waals surface area contributed by atoms with Gasteiger partial charge in [0.05, 0.1) is 11.7 Å². The normalized spacial score (nSPS) is 12.3. The van der Waals surface area contributed by atoms with Crippen LogP contribution in [0.3, 0.4) is 0 Å². The van der Waals surface area contributed by atoms with Crippen molar-refractivity contribution in [2.45, 2.75) is 53.0 Å². The van der Waals surface area contributed by atoms with Gasteiger partial charge in [-0.1, -0.05) is 63.2 Å².